The lowest BCUT2D eigenvalue weighted by Crippen LogP contribution is -2.04. The summed E-state index contributed by atoms with van der Waals surface area (Å²) in [5.74, 6) is 0. The molecule has 2 aromatic rings. The first kappa shape index (κ1) is 9.36. The number of nitrogens with two attached hydrogens (primary N) is 1. The highest BCUT2D eigenvalue weighted by atomic mass is 32.1. The minimum Gasteiger partial charge on any atom is -0.326 e. The first-order valence-electron chi connectivity index (χ1n) is 4.42. The van der Waals surface area contributed by atoms with Crippen LogP contribution in [-0.2, 0) is 13.1 Å². The second-order valence-electron chi connectivity index (χ2n) is 3.10. The van der Waals surface area contributed by atoms with Gasteiger partial charge < -0.3 is 5.73 Å². The molecule has 0 atom stereocenters. The lowest BCUT2D eigenvalue weighted by Gasteiger charge is -2.02. The topological polar surface area (TPSA) is 56.7 Å². The molecule has 0 aromatic carbocycles. The van der Waals surface area contributed by atoms with Gasteiger partial charge in [-0.05, 0) is 24.5 Å². The van der Waals surface area contributed by atoms with E-state index in [0.717, 1.165) is 17.8 Å². The normalized spacial score (nSPS) is 10.7. The summed E-state index contributed by atoms with van der Waals surface area (Å²) >= 11 is 1.50. The fraction of sp³-hybridized carbons (Fsp3) is 0.333. The summed E-state index contributed by atoms with van der Waals surface area (Å²) in [6, 6.07) is 2.01. The van der Waals surface area contributed by atoms with Gasteiger partial charge in [0.05, 0.1) is 12.7 Å². The Kier molecular flexibility index (Phi) is 2.60. The van der Waals surface area contributed by atoms with Crippen molar-refractivity contribution in [3.8, 4) is 0 Å². The van der Waals surface area contributed by atoms with Crippen molar-refractivity contribution in [3.05, 3.63) is 34.6 Å². The Morgan fingerprint density at radius 1 is 1.57 bits per heavy atom. The van der Waals surface area contributed by atoms with Crippen molar-refractivity contribution in [2.45, 2.75) is 20.0 Å². The van der Waals surface area contributed by atoms with Crippen LogP contribution in [0.5, 0.6) is 0 Å². The molecule has 0 bridgehead atoms. The monoisotopic (exact) mass is 208 g/mol. The van der Waals surface area contributed by atoms with Crippen molar-refractivity contribution in [3.63, 3.8) is 0 Å². The van der Waals surface area contributed by atoms with E-state index in [1.54, 1.807) is 0 Å². The molecule has 4 nitrogen and oxygen atoms in total. The molecule has 0 aliphatic rings. The fourth-order valence-corrected chi connectivity index (χ4v) is 1.88. The molecule has 0 fully saturated rings. The Morgan fingerprint density at radius 3 is 3.00 bits per heavy atom. The van der Waals surface area contributed by atoms with Crippen LogP contribution >= 0.6 is 11.5 Å². The van der Waals surface area contributed by atoms with Gasteiger partial charge in [0.2, 0.25) is 0 Å². The quantitative estimate of drug-likeness (QED) is 0.823. The predicted octanol–water partition coefficient (Wildman–Crippen LogP) is 1.16. The van der Waals surface area contributed by atoms with Crippen LogP contribution < -0.4 is 5.73 Å². The molecular weight excluding hydrogens is 196 g/mol. The third kappa shape index (κ3) is 1.69. The minimum atomic E-state index is 0.550. The van der Waals surface area contributed by atoms with Crippen molar-refractivity contribution in [1.82, 2.24) is 14.2 Å². The van der Waals surface area contributed by atoms with Gasteiger partial charge in [-0.2, -0.15) is 5.10 Å². The van der Waals surface area contributed by atoms with Crippen LogP contribution in [0.25, 0.3) is 0 Å². The minimum absolute atomic E-state index is 0.550. The van der Waals surface area contributed by atoms with Crippen LogP contribution in [0.1, 0.15) is 16.1 Å². The van der Waals surface area contributed by atoms with Crippen LogP contribution in [0, 0.1) is 6.92 Å². The third-order valence-corrected chi connectivity index (χ3v) is 2.95. The second kappa shape index (κ2) is 3.89. The van der Waals surface area contributed by atoms with Crippen molar-refractivity contribution in [2.24, 2.45) is 5.73 Å². The smallest absolute Gasteiger partial charge is 0.0771 e. The first-order valence-corrected chi connectivity index (χ1v) is 5.19. The summed E-state index contributed by atoms with van der Waals surface area (Å²) in [5, 5.41) is 4.28. The van der Waals surface area contributed by atoms with Crippen molar-refractivity contribution in [1.29, 1.82) is 0 Å². The van der Waals surface area contributed by atoms with Gasteiger partial charge in [0.25, 0.3) is 0 Å². The van der Waals surface area contributed by atoms with Gasteiger partial charge in [-0.1, -0.05) is 0 Å². The molecule has 0 spiro atoms. The average Bonchev–Trinajstić information content (AvgIpc) is 2.79. The highest BCUT2D eigenvalue weighted by Crippen LogP contribution is 2.11. The molecule has 74 valence electrons. The zero-order valence-electron chi connectivity index (χ0n) is 7.97. The van der Waals surface area contributed by atoms with E-state index in [2.05, 4.69) is 9.47 Å². The SMILES string of the molecule is Cc1c(CN)cnn1Cc1ccns1. The van der Waals surface area contributed by atoms with Gasteiger partial charge in [-0.15, -0.1) is 0 Å². The van der Waals surface area contributed by atoms with Gasteiger partial charge in [-0.3, -0.25) is 4.68 Å². The predicted molar refractivity (Wildman–Crippen MR) is 56.1 cm³/mol. The van der Waals surface area contributed by atoms with Gasteiger partial charge in [0.1, 0.15) is 0 Å². The number of hydrogen-bond acceptors (Lipinski definition) is 4. The number of hydrogen-bond donors (Lipinski definition) is 1. The molecule has 0 amide bonds. The Balaban J connectivity index is 2.21. The van der Waals surface area contributed by atoms with Gasteiger partial charge in [0.15, 0.2) is 0 Å². The number of aromatic nitrogens is 3. The number of rotatable bonds is 3. The first-order chi connectivity index (χ1) is 6.81. The van der Waals surface area contributed by atoms with E-state index in [1.165, 1.54) is 16.4 Å². The fourth-order valence-electron chi connectivity index (χ4n) is 1.32. The van der Waals surface area contributed by atoms with E-state index in [1.807, 2.05) is 30.1 Å². The average molecular weight is 208 g/mol. The van der Waals surface area contributed by atoms with Crippen LogP contribution in [0.4, 0.5) is 0 Å². The van der Waals surface area contributed by atoms with E-state index < -0.39 is 0 Å². The maximum absolute atomic E-state index is 5.57. The van der Waals surface area contributed by atoms with Crippen LogP contribution in [0.2, 0.25) is 0 Å². The summed E-state index contributed by atoms with van der Waals surface area (Å²) in [5.41, 5.74) is 7.82. The highest BCUT2D eigenvalue weighted by Gasteiger charge is 2.05. The molecule has 14 heavy (non-hydrogen) atoms. The molecule has 0 saturated heterocycles. The molecular formula is C9H12N4S. The summed E-state index contributed by atoms with van der Waals surface area (Å²) in [6.45, 7) is 3.38. The van der Waals surface area contributed by atoms with Gasteiger partial charge >= 0.3 is 0 Å². The van der Waals surface area contributed by atoms with E-state index in [9.17, 15) is 0 Å². The Morgan fingerprint density at radius 2 is 2.43 bits per heavy atom. The lowest BCUT2D eigenvalue weighted by atomic mass is 10.3. The highest BCUT2D eigenvalue weighted by molar-refractivity contribution is 7.05. The molecule has 0 aliphatic carbocycles. The zero-order valence-corrected chi connectivity index (χ0v) is 8.79. The molecule has 0 saturated carbocycles. The van der Waals surface area contributed by atoms with Gasteiger partial charge in [-0.25, -0.2) is 4.37 Å². The van der Waals surface area contributed by atoms with E-state index in [4.69, 9.17) is 5.73 Å². The maximum atomic E-state index is 5.57. The summed E-state index contributed by atoms with van der Waals surface area (Å²) in [4.78, 5) is 1.21. The zero-order chi connectivity index (χ0) is 9.97. The Bertz CT molecular complexity index is 404. The van der Waals surface area contributed by atoms with Crippen LogP contribution in [-0.4, -0.2) is 14.2 Å². The molecule has 0 radical (unpaired) electrons. The van der Waals surface area contributed by atoms with Crippen LogP contribution in [0.15, 0.2) is 18.5 Å². The third-order valence-electron chi connectivity index (χ3n) is 2.22. The molecule has 2 aromatic heterocycles. The van der Waals surface area contributed by atoms with Crippen molar-refractivity contribution >= 4 is 11.5 Å². The van der Waals surface area contributed by atoms with E-state index in [0.29, 0.717) is 6.54 Å². The Labute approximate surface area is 86.5 Å². The Hall–Kier alpha value is -1.20. The number of nitrogens with zero attached hydrogens (tertiary/aromatic N) is 3. The summed E-state index contributed by atoms with van der Waals surface area (Å²) < 4.78 is 6.00. The van der Waals surface area contributed by atoms with Gasteiger partial charge in [0, 0.05) is 28.9 Å². The standard InChI is InChI=1S/C9H12N4S/c1-7-8(4-10)5-11-13(7)6-9-2-3-12-14-9/h2-3,5H,4,6,10H2,1H3. The van der Waals surface area contributed by atoms with Crippen molar-refractivity contribution in [2.75, 3.05) is 0 Å². The molecule has 2 rings (SSSR count). The van der Waals surface area contributed by atoms with Crippen molar-refractivity contribution < 1.29 is 0 Å². The molecule has 2 heterocycles. The molecule has 0 aliphatic heterocycles. The van der Waals surface area contributed by atoms with E-state index in [-0.39, 0.29) is 0 Å². The summed E-state index contributed by atoms with van der Waals surface area (Å²) in [7, 11) is 0. The molecule has 0 unspecified atom stereocenters. The second-order valence-corrected chi connectivity index (χ2v) is 4.01. The maximum Gasteiger partial charge on any atom is 0.0771 e. The largest absolute Gasteiger partial charge is 0.326 e. The lowest BCUT2D eigenvalue weighted by molar-refractivity contribution is 0.670. The van der Waals surface area contributed by atoms with Crippen LogP contribution in [0.3, 0.4) is 0 Å². The molecule has 2 N–H and O–H groups in total. The van der Waals surface area contributed by atoms with E-state index >= 15 is 0 Å². The molecule has 5 heteroatoms. The summed E-state index contributed by atoms with van der Waals surface area (Å²) in [6.07, 6.45) is 3.64.